The van der Waals surface area contributed by atoms with Crippen LogP contribution in [0.4, 0.5) is 11.4 Å². The number of rotatable bonds is 6. The number of hydrogen-bond donors (Lipinski definition) is 1. The summed E-state index contributed by atoms with van der Waals surface area (Å²) < 4.78 is 1.68. The van der Waals surface area contributed by atoms with Crippen LogP contribution in [0.15, 0.2) is 59.0 Å². The molecule has 2 heterocycles. The molecule has 2 aromatic carbocycles. The smallest absolute Gasteiger partial charge is 0.238 e. The van der Waals surface area contributed by atoms with Crippen LogP contribution in [0.5, 0.6) is 0 Å². The van der Waals surface area contributed by atoms with E-state index in [1.165, 1.54) is 33.6 Å². The Balaban J connectivity index is 1.14. The molecule has 8 heteroatoms. The van der Waals surface area contributed by atoms with E-state index in [4.69, 9.17) is 0 Å². The van der Waals surface area contributed by atoms with Gasteiger partial charge in [-0.2, -0.15) is 0 Å². The molecule has 4 atom stereocenters. The number of benzene rings is 2. The number of aryl methyl sites for hydroxylation is 1. The molecule has 172 valence electrons. The van der Waals surface area contributed by atoms with Crippen LogP contribution in [0.2, 0.25) is 0 Å². The number of amides is 3. The molecule has 2 aliphatic carbocycles. The third-order valence-electron chi connectivity index (χ3n) is 7.05. The van der Waals surface area contributed by atoms with E-state index in [-0.39, 0.29) is 47.1 Å². The molecule has 0 radical (unpaired) electrons. The van der Waals surface area contributed by atoms with Crippen molar-refractivity contribution in [3.8, 4) is 0 Å². The maximum Gasteiger partial charge on any atom is 0.238 e. The average Bonchev–Trinajstić information content (AvgIpc) is 3.60. The molecule has 1 saturated carbocycles. The second-order valence-corrected chi connectivity index (χ2v) is 11.3. The van der Waals surface area contributed by atoms with E-state index in [9.17, 15) is 14.4 Å². The largest absolute Gasteiger partial charge is 0.325 e. The van der Waals surface area contributed by atoms with Crippen molar-refractivity contribution in [2.75, 3.05) is 16.0 Å². The Kier molecular flexibility index (Phi) is 5.30. The van der Waals surface area contributed by atoms with Crippen LogP contribution in [0.3, 0.4) is 0 Å². The highest BCUT2D eigenvalue weighted by Gasteiger charge is 2.59. The lowest BCUT2D eigenvalue weighted by atomic mass is 9.85. The Hall–Kier alpha value is -2.97. The zero-order chi connectivity index (χ0) is 23.4. The summed E-state index contributed by atoms with van der Waals surface area (Å²) in [6, 6.07) is 13.4. The van der Waals surface area contributed by atoms with Gasteiger partial charge < -0.3 is 5.32 Å². The Bertz CT molecular complexity index is 1320. The van der Waals surface area contributed by atoms with Crippen LogP contribution in [0, 0.1) is 23.7 Å². The molecule has 6 nitrogen and oxygen atoms in total. The van der Waals surface area contributed by atoms with Gasteiger partial charge in [0.05, 0.1) is 33.5 Å². The number of carbonyl (C=O) groups is 3. The minimum Gasteiger partial charge on any atom is -0.325 e. The van der Waals surface area contributed by atoms with E-state index < -0.39 is 0 Å². The van der Waals surface area contributed by atoms with Gasteiger partial charge in [-0.3, -0.25) is 14.4 Å². The van der Waals surface area contributed by atoms with Crippen molar-refractivity contribution in [3.05, 3.63) is 60.2 Å². The quantitative estimate of drug-likeness (QED) is 0.303. The van der Waals surface area contributed by atoms with E-state index in [1.54, 1.807) is 6.07 Å². The Morgan fingerprint density at radius 3 is 2.47 bits per heavy atom. The van der Waals surface area contributed by atoms with Crippen LogP contribution in [0.25, 0.3) is 10.2 Å². The summed E-state index contributed by atoms with van der Waals surface area (Å²) in [7, 11) is 0. The van der Waals surface area contributed by atoms with Crippen molar-refractivity contribution in [1.29, 1.82) is 0 Å². The standard InChI is InChI=1S/C26H23N3O3S2/c1-2-14-3-7-17(8-4-14)27-21(30)13-33-26-28-19-10-9-18(12-20(19)34-26)29-24(31)22-15-5-6-16(11-15)23(22)25(29)32/h3-10,12,15-16,22-23H,2,11,13H2,1H3,(H,27,30)/t15-,16-,22+,23+/m0/s1. The van der Waals surface area contributed by atoms with Crippen LogP contribution in [-0.2, 0) is 20.8 Å². The molecule has 1 aromatic heterocycles. The number of nitrogens with one attached hydrogen (secondary N) is 1. The van der Waals surface area contributed by atoms with Crippen molar-refractivity contribution in [2.24, 2.45) is 23.7 Å². The Labute approximate surface area is 205 Å². The zero-order valence-corrected chi connectivity index (χ0v) is 20.2. The highest BCUT2D eigenvalue weighted by atomic mass is 32.2. The first-order valence-electron chi connectivity index (χ1n) is 11.5. The fourth-order valence-electron chi connectivity index (χ4n) is 5.40. The van der Waals surface area contributed by atoms with Gasteiger partial charge in [-0.15, -0.1) is 11.3 Å². The summed E-state index contributed by atoms with van der Waals surface area (Å²) in [5.41, 5.74) is 3.42. The number of fused-ring (bicyclic) bond motifs is 6. The SMILES string of the molecule is CCc1ccc(NC(=O)CSc2nc3ccc(N4C(=O)[C@H]5[C@H](C4=O)[C@H]4C=C[C@H]5C4)cc3s2)cc1. The molecule has 0 unspecified atom stereocenters. The van der Waals surface area contributed by atoms with Crippen LogP contribution in [-0.4, -0.2) is 28.5 Å². The number of anilines is 2. The maximum atomic E-state index is 13.1. The van der Waals surface area contributed by atoms with Gasteiger partial charge in [0.1, 0.15) is 0 Å². The van der Waals surface area contributed by atoms with Gasteiger partial charge in [-0.05, 0) is 60.6 Å². The number of allylic oxidation sites excluding steroid dienone is 2. The van der Waals surface area contributed by atoms with Crippen molar-refractivity contribution < 1.29 is 14.4 Å². The third-order valence-corrected chi connectivity index (χ3v) is 9.21. The average molecular weight is 490 g/mol. The summed E-state index contributed by atoms with van der Waals surface area (Å²) in [5.74, 6) is -0.000501. The van der Waals surface area contributed by atoms with Crippen LogP contribution >= 0.6 is 23.1 Å². The molecule has 2 bridgehead atoms. The number of nitrogens with zero attached hydrogens (tertiary/aromatic N) is 2. The molecule has 0 spiro atoms. The van der Waals surface area contributed by atoms with Crippen molar-refractivity contribution in [2.45, 2.75) is 24.1 Å². The Morgan fingerprint density at radius 1 is 1.09 bits per heavy atom. The summed E-state index contributed by atoms with van der Waals surface area (Å²) in [6.45, 7) is 2.10. The lowest BCUT2D eigenvalue weighted by molar-refractivity contribution is -0.123. The number of thiazole rings is 1. The van der Waals surface area contributed by atoms with Gasteiger partial charge in [0.15, 0.2) is 4.34 Å². The van der Waals surface area contributed by atoms with Crippen molar-refractivity contribution in [3.63, 3.8) is 0 Å². The molecule has 1 aliphatic heterocycles. The highest BCUT2D eigenvalue weighted by Crippen LogP contribution is 2.53. The summed E-state index contributed by atoms with van der Waals surface area (Å²) in [5, 5.41) is 2.91. The minimum atomic E-state index is -0.206. The molecule has 34 heavy (non-hydrogen) atoms. The maximum absolute atomic E-state index is 13.1. The molecule has 1 N–H and O–H groups in total. The lowest BCUT2D eigenvalue weighted by Crippen LogP contribution is -2.32. The number of thioether (sulfide) groups is 1. The van der Waals surface area contributed by atoms with Gasteiger partial charge in [-0.1, -0.05) is 43.0 Å². The van der Waals surface area contributed by atoms with Gasteiger partial charge in [-0.25, -0.2) is 9.88 Å². The van der Waals surface area contributed by atoms with E-state index in [0.29, 0.717) is 5.69 Å². The summed E-state index contributed by atoms with van der Waals surface area (Å²) in [6.07, 6.45) is 6.09. The molecular formula is C26H23N3O3S2. The second-order valence-electron chi connectivity index (χ2n) is 9.03. The van der Waals surface area contributed by atoms with Crippen LogP contribution < -0.4 is 10.2 Å². The molecule has 3 aliphatic rings. The van der Waals surface area contributed by atoms with Gasteiger partial charge in [0, 0.05) is 5.69 Å². The lowest BCUT2D eigenvalue weighted by Gasteiger charge is -2.17. The monoisotopic (exact) mass is 489 g/mol. The van der Waals surface area contributed by atoms with Gasteiger partial charge in [0.25, 0.3) is 0 Å². The van der Waals surface area contributed by atoms with E-state index in [0.717, 1.165) is 33.1 Å². The Morgan fingerprint density at radius 2 is 1.79 bits per heavy atom. The summed E-state index contributed by atoms with van der Waals surface area (Å²) in [4.78, 5) is 44.6. The predicted octanol–water partition coefficient (Wildman–Crippen LogP) is 4.90. The third kappa shape index (κ3) is 3.56. The van der Waals surface area contributed by atoms with Crippen molar-refractivity contribution in [1.82, 2.24) is 4.98 Å². The first kappa shape index (κ1) is 21.6. The molecular weight excluding hydrogens is 466 g/mol. The first-order chi connectivity index (χ1) is 16.5. The van der Waals surface area contributed by atoms with Crippen molar-refractivity contribution >= 4 is 62.4 Å². The second kappa shape index (κ2) is 8.36. The predicted molar refractivity (Wildman–Crippen MR) is 135 cm³/mol. The molecule has 2 fully saturated rings. The fourth-order valence-corrected chi connectivity index (χ4v) is 7.30. The normalized spacial score (nSPS) is 24.9. The van der Waals surface area contributed by atoms with Gasteiger partial charge >= 0.3 is 0 Å². The number of aromatic nitrogens is 1. The first-order valence-corrected chi connectivity index (χ1v) is 13.3. The molecule has 3 aromatic rings. The van der Waals surface area contributed by atoms with E-state index >= 15 is 0 Å². The molecule has 1 saturated heterocycles. The summed E-state index contributed by atoms with van der Waals surface area (Å²) >= 11 is 2.85. The van der Waals surface area contributed by atoms with Gasteiger partial charge in [0.2, 0.25) is 17.7 Å². The highest BCUT2D eigenvalue weighted by molar-refractivity contribution is 8.01. The number of carbonyl (C=O) groups excluding carboxylic acids is 3. The van der Waals surface area contributed by atoms with E-state index in [1.807, 2.05) is 36.4 Å². The molecule has 6 rings (SSSR count). The van der Waals surface area contributed by atoms with E-state index in [2.05, 4.69) is 29.4 Å². The fraction of sp³-hybridized carbons (Fsp3) is 0.308. The number of hydrogen-bond acceptors (Lipinski definition) is 6. The number of imide groups is 1. The molecule has 3 amide bonds. The zero-order valence-electron chi connectivity index (χ0n) is 18.6. The topological polar surface area (TPSA) is 79.4 Å². The minimum absolute atomic E-state index is 0.0750. The van der Waals surface area contributed by atoms with Crippen LogP contribution in [0.1, 0.15) is 18.9 Å².